The van der Waals surface area contributed by atoms with Crippen molar-refractivity contribution in [2.75, 3.05) is 11.9 Å². The summed E-state index contributed by atoms with van der Waals surface area (Å²) in [7, 11) is 0. The third kappa shape index (κ3) is 7.43. The molecule has 1 aliphatic rings. The van der Waals surface area contributed by atoms with Crippen molar-refractivity contribution in [1.29, 1.82) is 0 Å². The van der Waals surface area contributed by atoms with Crippen LogP contribution in [0.3, 0.4) is 0 Å². The molecule has 4 N–H and O–H groups in total. The Kier molecular flexibility index (Phi) is 8.19. The zero-order valence-electron chi connectivity index (χ0n) is 18.9. The fourth-order valence-corrected chi connectivity index (χ4v) is 4.90. The molecule has 1 aromatic carbocycles. The normalized spacial score (nSPS) is 23.7. The van der Waals surface area contributed by atoms with Gasteiger partial charge in [-0.3, -0.25) is 0 Å². The number of aliphatic hydroxyl groups is 2. The first-order chi connectivity index (χ1) is 15.0. The Morgan fingerprint density at radius 2 is 2.00 bits per heavy atom. The monoisotopic (exact) mass is 468 g/mol. The lowest BCUT2D eigenvalue weighted by Gasteiger charge is -2.41. The van der Waals surface area contributed by atoms with Gasteiger partial charge in [-0.25, -0.2) is 13.8 Å². The third-order valence-electron chi connectivity index (χ3n) is 6.04. The van der Waals surface area contributed by atoms with Crippen LogP contribution in [0.5, 0.6) is 0 Å². The molecule has 0 saturated carbocycles. The van der Waals surface area contributed by atoms with Crippen LogP contribution in [0.25, 0.3) is 0 Å². The second-order valence-electron chi connectivity index (χ2n) is 10.1. The zero-order chi connectivity index (χ0) is 23.4. The summed E-state index contributed by atoms with van der Waals surface area (Å²) in [6, 6.07) is 2.42. The molecule has 3 rings (SSSR count). The number of aliphatic hydroxyl groups excluding tert-OH is 1. The highest BCUT2D eigenvalue weighted by Gasteiger charge is 2.39. The van der Waals surface area contributed by atoms with E-state index >= 15 is 0 Å². The van der Waals surface area contributed by atoms with E-state index in [9.17, 15) is 19.0 Å². The Balaban J connectivity index is 1.72. The summed E-state index contributed by atoms with van der Waals surface area (Å²) >= 11 is 1.14. The average Bonchev–Trinajstić information content (AvgIpc) is 3.18. The van der Waals surface area contributed by atoms with Gasteiger partial charge in [-0.1, -0.05) is 27.2 Å². The maximum Gasteiger partial charge on any atom is 0.202 e. The van der Waals surface area contributed by atoms with Gasteiger partial charge in [0.05, 0.1) is 17.7 Å². The fourth-order valence-electron chi connectivity index (χ4n) is 4.41. The van der Waals surface area contributed by atoms with E-state index in [2.05, 4.69) is 40.8 Å². The molecule has 4 unspecified atom stereocenters. The topological polar surface area (TPSA) is 90.3 Å². The van der Waals surface area contributed by atoms with Crippen LogP contribution in [0.15, 0.2) is 24.5 Å². The average molecular weight is 469 g/mol. The van der Waals surface area contributed by atoms with Gasteiger partial charge in [0.25, 0.3) is 0 Å². The molecule has 1 aromatic heterocycles. The van der Waals surface area contributed by atoms with Crippen molar-refractivity contribution in [3.8, 4) is 0 Å². The summed E-state index contributed by atoms with van der Waals surface area (Å²) in [5, 5.41) is 29.4. The Hall–Kier alpha value is -1.68. The van der Waals surface area contributed by atoms with Gasteiger partial charge in [0.1, 0.15) is 18.0 Å². The van der Waals surface area contributed by atoms with Crippen LogP contribution < -0.4 is 10.6 Å². The van der Waals surface area contributed by atoms with E-state index in [-0.39, 0.29) is 17.9 Å². The largest absolute Gasteiger partial charge is 0.390 e. The molecule has 32 heavy (non-hydrogen) atoms. The van der Waals surface area contributed by atoms with Gasteiger partial charge >= 0.3 is 0 Å². The summed E-state index contributed by atoms with van der Waals surface area (Å²) in [6.45, 7) is 7.15. The number of piperidine rings is 1. The maximum atomic E-state index is 13.7. The van der Waals surface area contributed by atoms with Gasteiger partial charge < -0.3 is 20.8 Å². The van der Waals surface area contributed by atoms with Gasteiger partial charge in [-0.05, 0) is 61.8 Å². The maximum absolute atomic E-state index is 13.7. The number of anilines is 1. The molecule has 0 aliphatic carbocycles. The van der Waals surface area contributed by atoms with E-state index in [0.717, 1.165) is 30.4 Å². The summed E-state index contributed by atoms with van der Waals surface area (Å²) in [5.74, 6) is -1.32. The Morgan fingerprint density at radius 1 is 1.28 bits per heavy atom. The molecule has 2 heterocycles. The Morgan fingerprint density at radius 3 is 2.62 bits per heavy atom. The number of benzene rings is 1. The van der Waals surface area contributed by atoms with E-state index < -0.39 is 29.4 Å². The second-order valence-corrected chi connectivity index (χ2v) is 10.9. The lowest BCUT2D eigenvalue weighted by molar-refractivity contribution is -0.0388. The van der Waals surface area contributed by atoms with Crippen LogP contribution in [-0.2, 0) is 6.42 Å². The van der Waals surface area contributed by atoms with Crippen LogP contribution in [0.4, 0.5) is 13.9 Å². The molecule has 9 heteroatoms. The highest BCUT2D eigenvalue weighted by atomic mass is 32.1. The van der Waals surface area contributed by atoms with Crippen molar-refractivity contribution in [3.63, 3.8) is 0 Å². The molecule has 1 aliphatic heterocycles. The van der Waals surface area contributed by atoms with Crippen LogP contribution in [0.2, 0.25) is 0 Å². The number of nitrogens with one attached hydrogen (secondary N) is 2. The minimum absolute atomic E-state index is 0.191. The van der Waals surface area contributed by atoms with Crippen molar-refractivity contribution >= 4 is 16.7 Å². The first-order valence-electron chi connectivity index (χ1n) is 11.2. The summed E-state index contributed by atoms with van der Waals surface area (Å²) in [5.41, 5.74) is -0.209. The molecular formula is C23H34F2N4O2S. The van der Waals surface area contributed by atoms with E-state index in [4.69, 9.17) is 0 Å². The first kappa shape index (κ1) is 25.0. The molecule has 6 nitrogen and oxygen atoms in total. The first-order valence-corrected chi connectivity index (χ1v) is 11.9. The second kappa shape index (κ2) is 10.5. The van der Waals surface area contributed by atoms with E-state index in [0.29, 0.717) is 36.5 Å². The molecule has 0 bridgehead atoms. The predicted octanol–water partition coefficient (Wildman–Crippen LogP) is 3.90. The molecule has 0 spiro atoms. The standard InChI is InChI=1S/C23H34F2N4O2S/c1-22(2,3)5-4-6-23(31)7-8-26-19(13-23)20(30)18(29-21-27-14-28-32-21)11-15-9-16(24)12-17(25)10-15/h9-10,12,14,18-20,26,30-31H,4-8,11,13H2,1-3H3,(H,27,28,29). The molecule has 0 radical (unpaired) electrons. The highest BCUT2D eigenvalue weighted by Crippen LogP contribution is 2.32. The lowest BCUT2D eigenvalue weighted by Crippen LogP contribution is -2.57. The number of hydrogen-bond acceptors (Lipinski definition) is 7. The van der Waals surface area contributed by atoms with Crippen molar-refractivity contribution in [1.82, 2.24) is 14.7 Å². The highest BCUT2D eigenvalue weighted by molar-refractivity contribution is 7.09. The van der Waals surface area contributed by atoms with Crippen molar-refractivity contribution in [2.45, 2.75) is 83.1 Å². The SMILES string of the molecule is CC(C)(C)CCCC1(O)CCNC(C(O)C(Cc2cc(F)cc(F)c2)Nc2ncns2)C1. The summed E-state index contributed by atoms with van der Waals surface area (Å²) < 4.78 is 31.4. The van der Waals surface area contributed by atoms with Crippen molar-refractivity contribution < 1.29 is 19.0 Å². The minimum Gasteiger partial charge on any atom is -0.390 e. The van der Waals surface area contributed by atoms with E-state index in [1.165, 1.54) is 18.5 Å². The Labute approximate surface area is 192 Å². The van der Waals surface area contributed by atoms with Gasteiger partial charge in [0, 0.05) is 23.6 Å². The molecule has 2 aromatic rings. The summed E-state index contributed by atoms with van der Waals surface area (Å²) in [6.07, 6.45) is 4.33. The molecule has 1 saturated heterocycles. The number of aromatic nitrogens is 2. The summed E-state index contributed by atoms with van der Waals surface area (Å²) in [4.78, 5) is 4.12. The molecule has 178 valence electrons. The number of halogens is 2. The van der Waals surface area contributed by atoms with E-state index in [1.807, 2.05) is 0 Å². The van der Waals surface area contributed by atoms with E-state index in [1.54, 1.807) is 0 Å². The van der Waals surface area contributed by atoms with Gasteiger partial charge in [0.15, 0.2) is 0 Å². The molecular weight excluding hydrogens is 434 g/mol. The Bertz CT molecular complexity index is 842. The number of rotatable bonds is 9. The predicted molar refractivity (Wildman–Crippen MR) is 123 cm³/mol. The van der Waals surface area contributed by atoms with Gasteiger partial charge in [-0.15, -0.1) is 0 Å². The van der Waals surface area contributed by atoms with Crippen molar-refractivity contribution in [2.24, 2.45) is 5.41 Å². The lowest BCUT2D eigenvalue weighted by atomic mass is 9.78. The zero-order valence-corrected chi connectivity index (χ0v) is 19.8. The molecule has 4 atom stereocenters. The van der Waals surface area contributed by atoms with Crippen molar-refractivity contribution in [3.05, 3.63) is 41.7 Å². The molecule has 0 amide bonds. The quantitative estimate of drug-likeness (QED) is 0.446. The smallest absolute Gasteiger partial charge is 0.202 e. The fraction of sp³-hybridized carbons (Fsp3) is 0.652. The van der Waals surface area contributed by atoms with Crippen LogP contribution in [0, 0.1) is 17.0 Å². The van der Waals surface area contributed by atoms with Gasteiger partial charge in [-0.2, -0.15) is 4.37 Å². The van der Waals surface area contributed by atoms with Crippen LogP contribution >= 0.6 is 11.5 Å². The number of hydrogen-bond donors (Lipinski definition) is 4. The van der Waals surface area contributed by atoms with Crippen LogP contribution in [0.1, 0.15) is 58.4 Å². The molecule has 1 fully saturated rings. The van der Waals surface area contributed by atoms with Gasteiger partial charge in [0.2, 0.25) is 5.13 Å². The number of nitrogens with zero attached hydrogens (tertiary/aromatic N) is 2. The van der Waals surface area contributed by atoms with Crippen LogP contribution in [-0.4, -0.2) is 49.9 Å². The third-order valence-corrected chi connectivity index (χ3v) is 6.63. The minimum atomic E-state index is -0.917.